The van der Waals surface area contributed by atoms with Crippen molar-refractivity contribution < 1.29 is 23.5 Å². The lowest BCUT2D eigenvalue weighted by Gasteiger charge is -2.43. The number of rotatable bonds is 6. The summed E-state index contributed by atoms with van der Waals surface area (Å²) < 4.78 is 19.1. The fourth-order valence-electron chi connectivity index (χ4n) is 7.91. The van der Waals surface area contributed by atoms with Crippen LogP contribution in [0, 0.1) is 35.4 Å². The van der Waals surface area contributed by atoms with Crippen molar-refractivity contribution in [1.29, 1.82) is 0 Å². The molecule has 8 rings (SSSR count). The van der Waals surface area contributed by atoms with Gasteiger partial charge in [-0.25, -0.2) is 4.39 Å². The minimum Gasteiger partial charge on any atom is -0.484 e. The second-order valence-electron chi connectivity index (χ2n) is 11.9. The first-order valence-electron chi connectivity index (χ1n) is 14.6. The van der Waals surface area contributed by atoms with Crippen molar-refractivity contribution in [3.63, 3.8) is 0 Å². The molecule has 3 fully saturated rings. The van der Waals surface area contributed by atoms with Crippen LogP contribution in [0.4, 0.5) is 15.8 Å². The second kappa shape index (κ2) is 10.9. The van der Waals surface area contributed by atoms with E-state index in [0.29, 0.717) is 22.1 Å². The summed E-state index contributed by atoms with van der Waals surface area (Å²) in [6, 6.07) is 19.8. The van der Waals surface area contributed by atoms with Gasteiger partial charge in [0, 0.05) is 26.8 Å². The Bertz CT molecular complexity index is 1910. The molecule has 1 saturated heterocycles. The molecule has 7 atom stereocenters. The molecule has 0 radical (unpaired) electrons. The number of aromatic amines is 1. The number of fused-ring (bicyclic) bond motifs is 9. The Labute approximate surface area is 269 Å². The first-order chi connectivity index (χ1) is 21.8. The number of carbonyl (C=O) groups excluding carboxylic acids is 3. The summed E-state index contributed by atoms with van der Waals surface area (Å²) in [5, 5.41) is 4.08. The Balaban J connectivity index is 1.08. The van der Waals surface area contributed by atoms with Crippen LogP contribution in [0.25, 0.3) is 0 Å². The lowest BCUT2D eigenvalue weighted by Crippen LogP contribution is -2.42. The van der Waals surface area contributed by atoms with Gasteiger partial charge in [0.1, 0.15) is 11.6 Å². The Hall–Kier alpha value is -3.93. The molecule has 2 saturated carbocycles. The van der Waals surface area contributed by atoms with Gasteiger partial charge in [-0.05, 0) is 90.4 Å². The number of aromatic nitrogens is 1. The standard InChI is InChI=1S/C33H25ClFN3O5S2/c34-16-4-10-19(11-5-16)38-31(40)26-21-13-22(27(26)32(38)41)28-25(21)24(29-30(44-28)37-33(42)45-29)15-2-1-3-20(12-15)43-14-23(39)36-18-8-6-17(35)7-9-18/h1-12,21-22,24-28H,13-14H2,(H,36,39)(H,37,42)/t21-,22-,24+,25-,26+,27+,28-/m1/s1. The quantitative estimate of drug-likeness (QED) is 0.248. The SMILES string of the molecule is O=C(COc1cccc([C@@H]2c3sc(=O)[nH]c3S[C@@H]3[C@@H]4C[C@@H]([C@@H]5C(=O)N(c6ccc(Cl)cc6)C(=O)[C@@H]45)[C@H]23)c1)Nc1ccc(F)cc1. The molecule has 12 heteroatoms. The largest absolute Gasteiger partial charge is 0.484 e. The summed E-state index contributed by atoms with van der Waals surface area (Å²) in [6.07, 6.45) is 0.777. The molecule has 2 aliphatic heterocycles. The van der Waals surface area contributed by atoms with Crippen molar-refractivity contribution in [2.45, 2.75) is 22.6 Å². The van der Waals surface area contributed by atoms with Crippen molar-refractivity contribution >= 4 is 63.8 Å². The van der Waals surface area contributed by atoms with E-state index < -0.39 is 17.7 Å². The molecule has 2 N–H and O–H groups in total. The van der Waals surface area contributed by atoms with Crippen molar-refractivity contribution in [1.82, 2.24) is 4.98 Å². The number of hydrogen-bond acceptors (Lipinski definition) is 7. The van der Waals surface area contributed by atoms with Crippen molar-refractivity contribution in [3.05, 3.63) is 104 Å². The van der Waals surface area contributed by atoms with Gasteiger partial charge in [-0.1, -0.05) is 35.1 Å². The number of anilines is 2. The van der Waals surface area contributed by atoms with Gasteiger partial charge in [0.2, 0.25) is 11.8 Å². The lowest BCUT2D eigenvalue weighted by atomic mass is 9.68. The average Bonchev–Trinajstić information content (AvgIpc) is 3.77. The van der Waals surface area contributed by atoms with Crippen LogP contribution in [-0.2, 0) is 14.4 Å². The summed E-state index contributed by atoms with van der Waals surface area (Å²) in [6.45, 7) is -0.248. The Morgan fingerprint density at radius 1 is 1.00 bits per heavy atom. The van der Waals surface area contributed by atoms with Crippen LogP contribution in [0.15, 0.2) is 82.6 Å². The van der Waals surface area contributed by atoms with Gasteiger partial charge in [0.25, 0.3) is 5.91 Å². The molecule has 4 aromatic rings. The number of imide groups is 1. The number of hydrogen-bond donors (Lipinski definition) is 2. The lowest BCUT2D eigenvalue weighted by molar-refractivity contribution is -0.123. The summed E-state index contributed by atoms with van der Waals surface area (Å²) in [7, 11) is 0. The van der Waals surface area contributed by atoms with Crippen molar-refractivity contribution in [3.8, 4) is 5.75 Å². The zero-order valence-electron chi connectivity index (χ0n) is 23.4. The summed E-state index contributed by atoms with van der Waals surface area (Å²) >= 11 is 8.88. The molecule has 2 bridgehead atoms. The molecule has 1 aromatic heterocycles. The number of nitrogens with zero attached hydrogens (tertiary/aromatic N) is 1. The molecule has 45 heavy (non-hydrogen) atoms. The van der Waals surface area contributed by atoms with E-state index in [4.69, 9.17) is 16.3 Å². The van der Waals surface area contributed by atoms with Crippen LogP contribution in [0.1, 0.15) is 22.8 Å². The van der Waals surface area contributed by atoms with E-state index in [9.17, 15) is 23.6 Å². The molecule has 3 aromatic carbocycles. The number of H-pyrrole nitrogens is 1. The van der Waals surface area contributed by atoms with Gasteiger partial charge >= 0.3 is 4.87 Å². The van der Waals surface area contributed by atoms with Gasteiger partial charge in [0.15, 0.2) is 6.61 Å². The van der Waals surface area contributed by atoms with E-state index in [-0.39, 0.29) is 58.1 Å². The van der Waals surface area contributed by atoms with E-state index in [2.05, 4.69) is 10.3 Å². The van der Waals surface area contributed by atoms with Crippen LogP contribution in [-0.4, -0.2) is 34.6 Å². The predicted octanol–water partition coefficient (Wildman–Crippen LogP) is 5.92. The molecule has 2 aliphatic carbocycles. The third-order valence-corrected chi connectivity index (χ3v) is 12.4. The van der Waals surface area contributed by atoms with Crippen LogP contribution < -0.4 is 19.8 Å². The monoisotopic (exact) mass is 661 g/mol. The molecule has 0 unspecified atom stereocenters. The normalized spacial score (nSPS) is 27.7. The van der Waals surface area contributed by atoms with Gasteiger partial charge in [0.05, 0.1) is 22.5 Å². The number of halogens is 2. The van der Waals surface area contributed by atoms with E-state index >= 15 is 0 Å². The fraction of sp³-hybridized carbons (Fsp3) is 0.273. The number of carbonyl (C=O) groups is 3. The van der Waals surface area contributed by atoms with E-state index in [1.54, 1.807) is 42.1 Å². The number of ether oxygens (including phenoxy) is 1. The Morgan fingerprint density at radius 3 is 2.49 bits per heavy atom. The van der Waals surface area contributed by atoms with E-state index in [1.165, 1.54) is 40.5 Å². The smallest absolute Gasteiger partial charge is 0.305 e. The van der Waals surface area contributed by atoms with Gasteiger partial charge in [-0.2, -0.15) is 0 Å². The zero-order chi connectivity index (χ0) is 31.0. The highest BCUT2D eigenvalue weighted by Gasteiger charge is 2.69. The molecular weight excluding hydrogens is 637 g/mol. The topological polar surface area (TPSA) is 109 Å². The first kappa shape index (κ1) is 28.5. The summed E-state index contributed by atoms with van der Waals surface area (Å²) in [5.74, 6) is -1.63. The maximum absolute atomic E-state index is 13.9. The maximum Gasteiger partial charge on any atom is 0.305 e. The number of amides is 3. The highest BCUT2D eigenvalue weighted by molar-refractivity contribution is 8.00. The summed E-state index contributed by atoms with van der Waals surface area (Å²) in [5.41, 5.74) is 1.92. The number of nitrogens with one attached hydrogen (secondary N) is 2. The van der Waals surface area contributed by atoms with Crippen molar-refractivity contribution in [2.24, 2.45) is 29.6 Å². The molecule has 3 heterocycles. The van der Waals surface area contributed by atoms with Gasteiger partial charge in [-0.3, -0.25) is 24.1 Å². The van der Waals surface area contributed by atoms with E-state index in [0.717, 1.165) is 21.9 Å². The number of thioether (sulfide) groups is 1. The molecule has 228 valence electrons. The molecule has 3 amide bonds. The number of thiazole rings is 1. The van der Waals surface area contributed by atoms with Crippen LogP contribution in [0.2, 0.25) is 5.02 Å². The molecular formula is C33H25ClFN3O5S2. The Morgan fingerprint density at radius 2 is 1.73 bits per heavy atom. The Kier molecular flexibility index (Phi) is 6.88. The molecule has 0 spiro atoms. The van der Waals surface area contributed by atoms with Crippen LogP contribution in [0.5, 0.6) is 5.75 Å². The minimum absolute atomic E-state index is 0.00241. The second-order valence-corrected chi connectivity index (χ2v) is 14.5. The zero-order valence-corrected chi connectivity index (χ0v) is 25.8. The maximum atomic E-state index is 13.9. The fourth-order valence-corrected chi connectivity index (χ4v) is 10.9. The highest BCUT2D eigenvalue weighted by Crippen LogP contribution is 2.68. The number of benzene rings is 3. The van der Waals surface area contributed by atoms with Gasteiger partial charge < -0.3 is 15.0 Å². The van der Waals surface area contributed by atoms with Gasteiger partial charge in [-0.15, -0.1) is 11.8 Å². The molecule has 8 nitrogen and oxygen atoms in total. The minimum atomic E-state index is -0.422. The first-order valence-corrected chi connectivity index (χ1v) is 16.7. The highest BCUT2D eigenvalue weighted by atomic mass is 35.5. The molecule has 4 aliphatic rings. The third-order valence-electron chi connectivity index (χ3n) is 9.52. The predicted molar refractivity (Wildman–Crippen MR) is 169 cm³/mol. The average molecular weight is 662 g/mol. The van der Waals surface area contributed by atoms with Crippen LogP contribution >= 0.6 is 34.7 Å². The third kappa shape index (κ3) is 4.71. The summed E-state index contributed by atoms with van der Waals surface area (Å²) in [4.78, 5) is 58.0. The van der Waals surface area contributed by atoms with E-state index in [1.807, 2.05) is 18.2 Å². The van der Waals surface area contributed by atoms with Crippen LogP contribution in [0.3, 0.4) is 0 Å². The van der Waals surface area contributed by atoms with Crippen molar-refractivity contribution in [2.75, 3.05) is 16.8 Å².